The minimum absolute atomic E-state index is 0.155. The molecule has 1 atom stereocenters. The normalized spacial score (nSPS) is 17.1. The molecule has 1 aliphatic carbocycles. The maximum Gasteiger partial charge on any atom is 0.397 e. The van der Waals surface area contributed by atoms with Gasteiger partial charge in [-0.05, 0) is 41.7 Å². The minimum Gasteiger partial charge on any atom is -0.395 e. The Labute approximate surface area is 108 Å². The number of aliphatic hydroxyl groups excluding tert-OH is 1. The van der Waals surface area contributed by atoms with Gasteiger partial charge >= 0.3 is 6.18 Å². The molecule has 1 aliphatic rings. The van der Waals surface area contributed by atoms with Crippen LogP contribution in [0.5, 0.6) is 0 Å². The molecule has 0 fully saturated rings. The molecular weight excluding hydrogens is 265 g/mol. The van der Waals surface area contributed by atoms with Gasteiger partial charge < -0.3 is 5.11 Å². The van der Waals surface area contributed by atoms with Crippen molar-refractivity contribution in [3.8, 4) is 0 Å². The van der Waals surface area contributed by atoms with E-state index in [0.29, 0.717) is 23.4 Å². The largest absolute Gasteiger partial charge is 0.397 e. The molecule has 98 valence electrons. The van der Waals surface area contributed by atoms with Crippen LogP contribution in [0.1, 0.15) is 17.5 Å². The molecule has 0 heterocycles. The quantitative estimate of drug-likeness (QED) is 0.870. The third-order valence-electron chi connectivity index (χ3n) is 3.11. The topological polar surface area (TPSA) is 20.2 Å². The summed E-state index contributed by atoms with van der Waals surface area (Å²) in [5, 5.41) is 9.52. The lowest BCUT2D eigenvalue weighted by atomic mass is 9.83. The van der Waals surface area contributed by atoms with Crippen molar-refractivity contribution in [3.63, 3.8) is 0 Å². The van der Waals surface area contributed by atoms with E-state index in [-0.39, 0.29) is 5.57 Å². The van der Waals surface area contributed by atoms with E-state index in [9.17, 15) is 13.2 Å². The summed E-state index contributed by atoms with van der Waals surface area (Å²) in [7, 11) is 0. The molecule has 1 aromatic carbocycles. The average Bonchev–Trinajstić information content (AvgIpc) is 2.27. The summed E-state index contributed by atoms with van der Waals surface area (Å²) < 4.78 is 38.6. The molecule has 5 heteroatoms. The maximum atomic E-state index is 12.9. The Balaban J connectivity index is 2.44. The molecule has 1 N–H and O–H groups in total. The zero-order chi connectivity index (χ0) is 13.3. The van der Waals surface area contributed by atoms with Crippen LogP contribution in [0, 0.1) is 5.92 Å². The first kappa shape index (κ1) is 13.4. The molecule has 18 heavy (non-hydrogen) atoms. The van der Waals surface area contributed by atoms with E-state index < -0.39 is 18.7 Å². The highest BCUT2D eigenvalue weighted by atomic mass is 35.5. The predicted molar refractivity (Wildman–Crippen MR) is 64.4 cm³/mol. The van der Waals surface area contributed by atoms with Gasteiger partial charge in [0, 0.05) is 5.02 Å². The van der Waals surface area contributed by atoms with Gasteiger partial charge in [0.2, 0.25) is 0 Å². The van der Waals surface area contributed by atoms with Gasteiger partial charge in [0.05, 0.1) is 6.61 Å². The van der Waals surface area contributed by atoms with Gasteiger partial charge in [-0.15, -0.1) is 0 Å². The Morgan fingerprint density at radius 1 is 1.33 bits per heavy atom. The van der Waals surface area contributed by atoms with Crippen LogP contribution in [0.2, 0.25) is 5.02 Å². The fourth-order valence-electron chi connectivity index (χ4n) is 2.25. The average molecular weight is 277 g/mol. The fourth-order valence-corrected chi connectivity index (χ4v) is 2.45. The van der Waals surface area contributed by atoms with E-state index in [0.717, 1.165) is 5.56 Å². The standard InChI is InChI=1S/C13H12ClF3O/c14-9-4-5-10-8(6-9)2-1-3-11(10)12(7-18)13(15,16)17/h3-6,12,18H,1-2,7H2. The lowest BCUT2D eigenvalue weighted by Gasteiger charge is -2.26. The van der Waals surface area contributed by atoms with Crippen LogP contribution in [0.3, 0.4) is 0 Å². The van der Waals surface area contributed by atoms with Crippen molar-refractivity contribution in [2.45, 2.75) is 19.0 Å². The second-order valence-corrected chi connectivity index (χ2v) is 4.71. The van der Waals surface area contributed by atoms with Gasteiger partial charge in [-0.2, -0.15) is 13.2 Å². The first-order valence-corrected chi connectivity index (χ1v) is 5.97. The molecule has 0 spiro atoms. The molecular formula is C13H12ClF3O. The summed E-state index contributed by atoms with van der Waals surface area (Å²) >= 11 is 5.84. The summed E-state index contributed by atoms with van der Waals surface area (Å²) in [5.74, 6) is -1.82. The van der Waals surface area contributed by atoms with E-state index >= 15 is 0 Å². The van der Waals surface area contributed by atoms with E-state index in [1.807, 2.05) is 0 Å². The van der Waals surface area contributed by atoms with Crippen LogP contribution in [0.25, 0.3) is 5.57 Å². The Bertz CT molecular complexity index is 480. The van der Waals surface area contributed by atoms with Gasteiger partial charge in [0.25, 0.3) is 0 Å². The van der Waals surface area contributed by atoms with Gasteiger partial charge in [0.15, 0.2) is 0 Å². The zero-order valence-corrected chi connectivity index (χ0v) is 10.2. The molecule has 2 rings (SSSR count). The van der Waals surface area contributed by atoms with Crippen LogP contribution in [-0.4, -0.2) is 17.9 Å². The number of aliphatic hydroxyl groups is 1. The molecule has 0 saturated carbocycles. The third kappa shape index (κ3) is 2.54. The van der Waals surface area contributed by atoms with E-state index in [4.69, 9.17) is 16.7 Å². The molecule has 0 bridgehead atoms. The summed E-state index contributed by atoms with van der Waals surface area (Å²) in [6, 6.07) is 4.86. The number of halogens is 4. The van der Waals surface area contributed by atoms with Gasteiger partial charge in [-0.25, -0.2) is 0 Å². The second-order valence-electron chi connectivity index (χ2n) is 4.28. The van der Waals surface area contributed by atoms with Crippen molar-refractivity contribution in [1.29, 1.82) is 0 Å². The monoisotopic (exact) mass is 276 g/mol. The molecule has 0 aromatic heterocycles. The summed E-state index contributed by atoms with van der Waals surface area (Å²) in [6.07, 6.45) is -1.66. The highest BCUT2D eigenvalue weighted by Crippen LogP contribution is 2.40. The SMILES string of the molecule is OCC(C1=CCCc2cc(Cl)ccc21)C(F)(F)F. The lowest BCUT2D eigenvalue weighted by Crippen LogP contribution is -2.28. The molecule has 0 saturated heterocycles. The lowest BCUT2D eigenvalue weighted by molar-refractivity contribution is -0.166. The molecule has 1 nitrogen and oxygen atoms in total. The van der Waals surface area contributed by atoms with Crippen LogP contribution >= 0.6 is 11.6 Å². The number of hydrogen-bond donors (Lipinski definition) is 1. The van der Waals surface area contributed by atoms with Crippen LogP contribution in [0.4, 0.5) is 13.2 Å². The molecule has 0 radical (unpaired) electrons. The van der Waals surface area contributed by atoms with Crippen molar-refractivity contribution < 1.29 is 18.3 Å². The zero-order valence-electron chi connectivity index (χ0n) is 9.47. The van der Waals surface area contributed by atoms with Gasteiger partial charge in [0.1, 0.15) is 5.92 Å². The Morgan fingerprint density at radius 3 is 2.67 bits per heavy atom. The van der Waals surface area contributed by atoms with Crippen LogP contribution < -0.4 is 0 Å². The fraction of sp³-hybridized carbons (Fsp3) is 0.385. The molecule has 0 amide bonds. The third-order valence-corrected chi connectivity index (χ3v) is 3.34. The predicted octanol–water partition coefficient (Wildman–Crippen LogP) is 3.84. The van der Waals surface area contributed by atoms with Crippen LogP contribution in [0.15, 0.2) is 24.3 Å². The number of rotatable bonds is 2. The second kappa shape index (κ2) is 4.94. The highest BCUT2D eigenvalue weighted by Gasteiger charge is 2.42. The molecule has 1 unspecified atom stereocenters. The van der Waals surface area contributed by atoms with E-state index in [2.05, 4.69) is 0 Å². The van der Waals surface area contributed by atoms with Crippen molar-refractivity contribution >= 4 is 17.2 Å². The molecule has 0 aliphatic heterocycles. The number of aryl methyl sites for hydroxylation is 1. The maximum absolute atomic E-state index is 12.9. The summed E-state index contributed by atoms with van der Waals surface area (Å²) in [4.78, 5) is 0. The Morgan fingerprint density at radius 2 is 2.06 bits per heavy atom. The number of alkyl halides is 3. The Hall–Kier alpha value is -1.00. The minimum atomic E-state index is -4.44. The van der Waals surface area contributed by atoms with Gasteiger partial charge in [-0.1, -0.05) is 23.7 Å². The first-order valence-electron chi connectivity index (χ1n) is 5.60. The van der Waals surface area contributed by atoms with E-state index in [1.165, 1.54) is 0 Å². The number of hydrogen-bond acceptors (Lipinski definition) is 1. The van der Waals surface area contributed by atoms with Crippen molar-refractivity contribution in [1.82, 2.24) is 0 Å². The summed E-state index contributed by atoms with van der Waals surface area (Å²) in [6.45, 7) is -0.933. The number of fused-ring (bicyclic) bond motifs is 1. The number of benzene rings is 1. The smallest absolute Gasteiger partial charge is 0.395 e. The molecule has 1 aromatic rings. The first-order chi connectivity index (χ1) is 8.43. The number of allylic oxidation sites excluding steroid dienone is 1. The van der Waals surface area contributed by atoms with Crippen molar-refractivity contribution in [3.05, 3.63) is 40.4 Å². The summed E-state index contributed by atoms with van der Waals surface area (Å²) in [5.41, 5.74) is 1.51. The van der Waals surface area contributed by atoms with Crippen LogP contribution in [-0.2, 0) is 6.42 Å². The Kier molecular flexibility index (Phi) is 3.69. The van der Waals surface area contributed by atoms with Crippen molar-refractivity contribution in [2.75, 3.05) is 6.61 Å². The van der Waals surface area contributed by atoms with Crippen molar-refractivity contribution in [2.24, 2.45) is 5.92 Å². The van der Waals surface area contributed by atoms with E-state index in [1.54, 1.807) is 24.3 Å². The highest BCUT2D eigenvalue weighted by molar-refractivity contribution is 6.30. The van der Waals surface area contributed by atoms with Gasteiger partial charge in [-0.3, -0.25) is 0 Å².